The Bertz CT molecular complexity index is 1330. The number of nitrogens with zero attached hydrogens (tertiary/aromatic N) is 2. The fraction of sp³-hybridized carbons (Fsp3) is 0.464. The zero-order chi connectivity index (χ0) is 27.6. The van der Waals surface area contributed by atoms with Gasteiger partial charge in [-0.05, 0) is 84.2 Å². The van der Waals surface area contributed by atoms with Crippen molar-refractivity contribution in [2.75, 3.05) is 24.1 Å². The number of rotatable bonds is 6. The molecule has 0 bridgehead atoms. The lowest BCUT2D eigenvalue weighted by molar-refractivity contribution is 0.0186. The number of anilines is 3. The quantitative estimate of drug-likeness (QED) is 0.360. The lowest BCUT2D eigenvalue weighted by Crippen LogP contribution is -2.50. The molecule has 0 saturated carbocycles. The van der Waals surface area contributed by atoms with E-state index in [1.807, 2.05) is 65.8 Å². The van der Waals surface area contributed by atoms with E-state index in [4.69, 9.17) is 15.2 Å². The number of carbonyl (C=O) groups is 2. The van der Waals surface area contributed by atoms with E-state index in [9.17, 15) is 9.59 Å². The van der Waals surface area contributed by atoms with Crippen LogP contribution >= 0.6 is 11.3 Å². The second kappa shape index (κ2) is 11.1. The summed E-state index contributed by atoms with van der Waals surface area (Å²) in [7, 11) is 0. The minimum atomic E-state index is -0.569. The molecule has 1 aliphatic heterocycles. The summed E-state index contributed by atoms with van der Waals surface area (Å²) in [5.74, 6) is 0.575. The van der Waals surface area contributed by atoms with Gasteiger partial charge in [-0.25, -0.2) is 9.78 Å². The lowest BCUT2D eigenvalue weighted by Gasteiger charge is -2.34. The molecule has 3 aromatic rings. The number of likely N-dealkylation sites (tertiary alicyclic amines) is 1. The van der Waals surface area contributed by atoms with Gasteiger partial charge in [-0.2, -0.15) is 0 Å². The lowest BCUT2D eigenvalue weighted by atomic mass is 10.1. The number of piperidine rings is 1. The SMILES string of the molecule is Cc1cc(Nc2ccnc3sc(C(=O)N[C@@H]4CCCN(C(=O)OC(C)(C)C)C4)c(N)c23)ccc1OC(C)C. The molecule has 0 radical (unpaired) electrons. The molecule has 1 fully saturated rings. The highest BCUT2D eigenvalue weighted by atomic mass is 32.1. The van der Waals surface area contributed by atoms with Gasteiger partial charge >= 0.3 is 6.09 Å². The Morgan fingerprint density at radius 3 is 2.68 bits per heavy atom. The number of pyridine rings is 1. The largest absolute Gasteiger partial charge is 0.491 e. The maximum absolute atomic E-state index is 13.3. The van der Waals surface area contributed by atoms with E-state index in [1.165, 1.54) is 11.3 Å². The summed E-state index contributed by atoms with van der Waals surface area (Å²) in [5, 5.41) is 7.19. The van der Waals surface area contributed by atoms with Crippen molar-refractivity contribution in [2.45, 2.75) is 72.1 Å². The van der Waals surface area contributed by atoms with Crippen molar-refractivity contribution < 1.29 is 19.1 Å². The predicted octanol–water partition coefficient (Wildman–Crippen LogP) is 5.85. The summed E-state index contributed by atoms with van der Waals surface area (Å²) < 4.78 is 11.3. The third-order valence-corrected chi connectivity index (χ3v) is 7.17. The highest BCUT2D eigenvalue weighted by molar-refractivity contribution is 7.21. The molecule has 2 amide bonds. The number of hydrogen-bond acceptors (Lipinski definition) is 8. The average Bonchev–Trinajstić information content (AvgIpc) is 3.17. The van der Waals surface area contributed by atoms with Gasteiger partial charge < -0.3 is 30.7 Å². The average molecular weight is 540 g/mol. The molecule has 0 spiro atoms. The van der Waals surface area contributed by atoms with Crippen LogP contribution in [0.2, 0.25) is 0 Å². The van der Waals surface area contributed by atoms with Crippen LogP contribution in [0.15, 0.2) is 30.5 Å². The first-order valence-corrected chi connectivity index (χ1v) is 13.7. The molecule has 1 saturated heterocycles. The summed E-state index contributed by atoms with van der Waals surface area (Å²) in [6.45, 7) is 12.5. The van der Waals surface area contributed by atoms with Gasteiger partial charge in [0.15, 0.2) is 0 Å². The monoisotopic (exact) mass is 539 g/mol. The summed E-state index contributed by atoms with van der Waals surface area (Å²) in [5.41, 5.74) is 9.00. The number of aryl methyl sites for hydroxylation is 1. The molecule has 9 nitrogen and oxygen atoms in total. The molecule has 1 aromatic carbocycles. The molecule has 1 atom stereocenters. The Balaban J connectivity index is 1.50. The molecular formula is C28H37N5O4S. The number of carbonyl (C=O) groups excluding carboxylic acids is 2. The Kier molecular flexibility index (Phi) is 8.01. The maximum Gasteiger partial charge on any atom is 0.410 e. The maximum atomic E-state index is 13.3. The van der Waals surface area contributed by atoms with Crippen molar-refractivity contribution >= 4 is 50.6 Å². The molecule has 4 rings (SSSR count). The van der Waals surface area contributed by atoms with Crippen molar-refractivity contribution in [3.05, 3.63) is 40.9 Å². The van der Waals surface area contributed by atoms with Crippen molar-refractivity contribution in [1.29, 1.82) is 0 Å². The first-order valence-electron chi connectivity index (χ1n) is 12.9. The summed E-state index contributed by atoms with van der Waals surface area (Å²) >= 11 is 1.26. The highest BCUT2D eigenvalue weighted by Crippen LogP contribution is 2.38. The van der Waals surface area contributed by atoms with Crippen LogP contribution in [-0.4, -0.2) is 52.7 Å². The van der Waals surface area contributed by atoms with E-state index in [2.05, 4.69) is 15.6 Å². The Morgan fingerprint density at radius 2 is 2.00 bits per heavy atom. The molecule has 0 unspecified atom stereocenters. The van der Waals surface area contributed by atoms with Gasteiger partial charge in [0.05, 0.1) is 22.9 Å². The number of ether oxygens (including phenoxy) is 2. The topological polar surface area (TPSA) is 119 Å². The van der Waals surface area contributed by atoms with Crippen LogP contribution in [0.25, 0.3) is 10.2 Å². The number of hydrogen-bond donors (Lipinski definition) is 3. The molecule has 2 aromatic heterocycles. The zero-order valence-electron chi connectivity index (χ0n) is 22.9. The van der Waals surface area contributed by atoms with Crippen LogP contribution in [0.1, 0.15) is 62.7 Å². The fourth-order valence-electron chi connectivity index (χ4n) is 4.43. The highest BCUT2D eigenvalue weighted by Gasteiger charge is 2.29. The number of amides is 2. The van der Waals surface area contributed by atoms with Crippen LogP contribution < -0.4 is 21.1 Å². The first-order chi connectivity index (χ1) is 17.9. The van der Waals surface area contributed by atoms with Crippen LogP contribution in [0, 0.1) is 6.92 Å². The van der Waals surface area contributed by atoms with Gasteiger partial charge in [-0.1, -0.05) is 0 Å². The zero-order valence-corrected chi connectivity index (χ0v) is 23.7. The molecule has 1 aliphatic rings. The third kappa shape index (κ3) is 6.48. The number of benzene rings is 1. The Hall–Kier alpha value is -3.53. The van der Waals surface area contributed by atoms with E-state index in [0.717, 1.165) is 35.5 Å². The molecule has 3 heterocycles. The van der Waals surface area contributed by atoms with E-state index < -0.39 is 5.60 Å². The number of fused-ring (bicyclic) bond motifs is 1. The second-order valence-corrected chi connectivity index (χ2v) is 11.9. The predicted molar refractivity (Wildman–Crippen MR) is 153 cm³/mol. The number of nitrogens with one attached hydrogen (secondary N) is 2. The molecule has 0 aliphatic carbocycles. The van der Waals surface area contributed by atoms with Gasteiger partial charge in [0.25, 0.3) is 5.91 Å². The molecule has 204 valence electrons. The van der Waals surface area contributed by atoms with Crippen LogP contribution in [0.4, 0.5) is 21.9 Å². The Morgan fingerprint density at radius 1 is 1.24 bits per heavy atom. The van der Waals surface area contributed by atoms with E-state index in [-0.39, 0.29) is 24.1 Å². The van der Waals surface area contributed by atoms with Crippen LogP contribution in [0.3, 0.4) is 0 Å². The van der Waals surface area contributed by atoms with Crippen LogP contribution in [0.5, 0.6) is 5.75 Å². The molecular weight excluding hydrogens is 502 g/mol. The molecule has 4 N–H and O–H groups in total. The third-order valence-electron chi connectivity index (χ3n) is 6.06. The van der Waals surface area contributed by atoms with Gasteiger partial charge in [0.2, 0.25) is 0 Å². The number of nitrogens with two attached hydrogens (primary N) is 1. The van der Waals surface area contributed by atoms with Gasteiger partial charge in [0.1, 0.15) is 21.1 Å². The van der Waals surface area contributed by atoms with E-state index in [0.29, 0.717) is 33.9 Å². The summed E-state index contributed by atoms with van der Waals surface area (Å²) in [6, 6.07) is 7.57. The van der Waals surface area contributed by atoms with Gasteiger partial charge in [-0.3, -0.25) is 4.79 Å². The van der Waals surface area contributed by atoms with Crippen LogP contribution in [-0.2, 0) is 4.74 Å². The molecule has 10 heteroatoms. The standard InChI is InChI=1S/C28H37N5O4S/c1-16(2)36-21-10-9-18(14-17(21)3)31-20-11-12-30-26-22(20)23(29)24(38-26)25(34)32-19-8-7-13-33(15-19)27(35)37-28(4,5)6/h9-12,14,16,19H,7-8,13,15,29H2,1-6H3,(H,30,31)(H,32,34)/t19-/m1/s1. The smallest absolute Gasteiger partial charge is 0.410 e. The summed E-state index contributed by atoms with van der Waals surface area (Å²) in [6.07, 6.45) is 2.98. The van der Waals surface area contributed by atoms with Crippen molar-refractivity contribution in [3.63, 3.8) is 0 Å². The minimum absolute atomic E-state index is 0.0940. The van der Waals surface area contributed by atoms with E-state index in [1.54, 1.807) is 11.1 Å². The Labute approximate surface area is 227 Å². The first kappa shape index (κ1) is 27.5. The van der Waals surface area contributed by atoms with Gasteiger partial charge in [-0.15, -0.1) is 11.3 Å². The number of thiophene rings is 1. The molecule has 38 heavy (non-hydrogen) atoms. The van der Waals surface area contributed by atoms with Crippen molar-refractivity contribution in [2.24, 2.45) is 0 Å². The fourth-order valence-corrected chi connectivity index (χ4v) is 5.42. The minimum Gasteiger partial charge on any atom is -0.491 e. The summed E-state index contributed by atoms with van der Waals surface area (Å²) in [4.78, 5) is 33.0. The van der Waals surface area contributed by atoms with Crippen molar-refractivity contribution in [3.8, 4) is 5.75 Å². The number of aromatic nitrogens is 1. The normalized spacial score (nSPS) is 16.0. The second-order valence-electron chi connectivity index (χ2n) is 10.9. The number of nitrogen functional groups attached to an aromatic ring is 1. The van der Waals surface area contributed by atoms with Gasteiger partial charge in [0, 0.05) is 31.0 Å². The van der Waals surface area contributed by atoms with Crippen molar-refractivity contribution in [1.82, 2.24) is 15.2 Å². The van der Waals surface area contributed by atoms with E-state index >= 15 is 0 Å².